The second-order valence-corrected chi connectivity index (χ2v) is 10.1. The van der Waals surface area contributed by atoms with Crippen molar-refractivity contribution in [3.05, 3.63) is 88.9 Å². The van der Waals surface area contributed by atoms with Gasteiger partial charge in [0.25, 0.3) is 0 Å². The summed E-state index contributed by atoms with van der Waals surface area (Å²) >= 11 is 0. The van der Waals surface area contributed by atoms with Crippen LogP contribution in [0.2, 0.25) is 0 Å². The molecule has 1 atom stereocenters. The molecule has 0 bridgehead atoms. The molecule has 2 aliphatic heterocycles. The molecule has 42 heavy (non-hydrogen) atoms. The van der Waals surface area contributed by atoms with Crippen molar-refractivity contribution < 1.29 is 31.9 Å². The monoisotopic (exact) mass is 583 g/mol. The van der Waals surface area contributed by atoms with Crippen LogP contribution in [0.15, 0.2) is 76.3 Å². The Hall–Kier alpha value is -4.32. The zero-order chi connectivity index (χ0) is 29.9. The van der Waals surface area contributed by atoms with Gasteiger partial charge in [-0.1, -0.05) is 30.3 Å². The molecular weight excluding hydrogens is 551 g/mol. The SMILES string of the molecule is COc1ccccc1N1CCN(CCOC(=O)C2=C(C)NC(C)=C(c3nnco3)C2c2ccccc2C(F)(F)F)CC1. The number of hydrogen-bond acceptors (Lipinski definition) is 9. The van der Waals surface area contributed by atoms with Crippen LogP contribution in [0.3, 0.4) is 0 Å². The number of para-hydroxylation sites is 2. The number of alkyl halides is 3. The first-order chi connectivity index (χ1) is 20.2. The maximum atomic E-state index is 14.2. The van der Waals surface area contributed by atoms with Crippen molar-refractivity contribution in [2.24, 2.45) is 0 Å². The molecule has 5 rings (SSSR count). The predicted octanol–water partition coefficient (Wildman–Crippen LogP) is 4.85. The van der Waals surface area contributed by atoms with Gasteiger partial charge in [-0.25, -0.2) is 4.79 Å². The minimum absolute atomic E-state index is 0.0210. The Morgan fingerprint density at radius 2 is 1.76 bits per heavy atom. The first-order valence-corrected chi connectivity index (χ1v) is 13.6. The second kappa shape index (κ2) is 12.3. The number of carbonyl (C=O) groups is 1. The fourth-order valence-corrected chi connectivity index (χ4v) is 5.60. The molecule has 1 fully saturated rings. The second-order valence-electron chi connectivity index (χ2n) is 10.1. The van der Waals surface area contributed by atoms with E-state index >= 15 is 0 Å². The van der Waals surface area contributed by atoms with Crippen LogP contribution in [0.5, 0.6) is 5.75 Å². The van der Waals surface area contributed by atoms with Crippen LogP contribution in [0, 0.1) is 0 Å². The molecule has 0 aliphatic carbocycles. The van der Waals surface area contributed by atoms with Gasteiger partial charge in [-0.15, -0.1) is 10.2 Å². The first-order valence-electron chi connectivity index (χ1n) is 13.6. The van der Waals surface area contributed by atoms with Crippen molar-refractivity contribution in [3.8, 4) is 5.75 Å². The predicted molar refractivity (Wildman–Crippen MR) is 150 cm³/mol. The zero-order valence-electron chi connectivity index (χ0n) is 23.6. The number of aromatic nitrogens is 2. The maximum absolute atomic E-state index is 14.2. The lowest BCUT2D eigenvalue weighted by Crippen LogP contribution is -2.47. The summed E-state index contributed by atoms with van der Waals surface area (Å²) in [7, 11) is 1.65. The molecule has 3 heterocycles. The number of halogens is 3. The number of rotatable bonds is 8. The molecule has 0 saturated carbocycles. The Bertz CT molecular complexity index is 1480. The van der Waals surface area contributed by atoms with E-state index in [2.05, 4.69) is 25.3 Å². The zero-order valence-corrected chi connectivity index (χ0v) is 23.6. The number of ether oxygens (including phenoxy) is 2. The first kappa shape index (κ1) is 29.2. The molecule has 0 spiro atoms. The van der Waals surface area contributed by atoms with E-state index in [0.29, 0.717) is 17.9 Å². The lowest BCUT2D eigenvalue weighted by molar-refractivity contribution is -0.141. The summed E-state index contributed by atoms with van der Waals surface area (Å²) in [6.07, 6.45) is -3.55. The minimum atomic E-state index is -4.65. The molecule has 9 nitrogen and oxygen atoms in total. The molecule has 222 valence electrons. The number of nitrogens with zero attached hydrogens (tertiary/aromatic N) is 4. The van der Waals surface area contributed by atoms with Crippen molar-refractivity contribution >= 4 is 17.2 Å². The number of benzene rings is 2. The Kier molecular flexibility index (Phi) is 8.53. The van der Waals surface area contributed by atoms with Gasteiger partial charge < -0.3 is 24.1 Å². The van der Waals surface area contributed by atoms with E-state index in [1.54, 1.807) is 21.0 Å². The largest absolute Gasteiger partial charge is 0.495 e. The van der Waals surface area contributed by atoms with Crippen molar-refractivity contribution in [3.63, 3.8) is 0 Å². The molecule has 0 radical (unpaired) electrons. The van der Waals surface area contributed by atoms with Gasteiger partial charge in [0.15, 0.2) is 0 Å². The number of esters is 1. The lowest BCUT2D eigenvalue weighted by Gasteiger charge is -2.36. The quantitative estimate of drug-likeness (QED) is 0.374. The van der Waals surface area contributed by atoms with E-state index in [9.17, 15) is 18.0 Å². The Morgan fingerprint density at radius 1 is 1.05 bits per heavy atom. The Balaban J connectivity index is 1.32. The Morgan fingerprint density at radius 3 is 2.45 bits per heavy atom. The molecule has 12 heteroatoms. The summed E-state index contributed by atoms with van der Waals surface area (Å²) in [5.74, 6) is -1.01. The van der Waals surface area contributed by atoms with Crippen molar-refractivity contribution in [2.45, 2.75) is 25.9 Å². The van der Waals surface area contributed by atoms with Crippen LogP contribution >= 0.6 is 0 Å². The normalized spacial score (nSPS) is 18.2. The van der Waals surface area contributed by atoms with Crippen LogP contribution in [-0.4, -0.2) is 67.5 Å². The molecule has 1 aromatic heterocycles. The molecular formula is C30H32F3N5O4. The average Bonchev–Trinajstić information content (AvgIpc) is 3.51. The highest BCUT2D eigenvalue weighted by Crippen LogP contribution is 2.47. The number of carbonyl (C=O) groups excluding carboxylic acids is 1. The Labute approximate surface area is 241 Å². The fraction of sp³-hybridized carbons (Fsp3) is 0.367. The average molecular weight is 584 g/mol. The van der Waals surface area contributed by atoms with Crippen LogP contribution in [-0.2, 0) is 15.7 Å². The molecule has 3 aromatic rings. The van der Waals surface area contributed by atoms with E-state index in [4.69, 9.17) is 13.9 Å². The van der Waals surface area contributed by atoms with Gasteiger partial charge in [-0.2, -0.15) is 13.2 Å². The summed E-state index contributed by atoms with van der Waals surface area (Å²) in [6.45, 7) is 6.96. The van der Waals surface area contributed by atoms with E-state index in [1.165, 1.54) is 18.2 Å². The highest BCUT2D eigenvalue weighted by Gasteiger charge is 2.42. The molecule has 1 N–H and O–H groups in total. The van der Waals surface area contributed by atoms with Crippen molar-refractivity contribution in [1.82, 2.24) is 20.4 Å². The van der Waals surface area contributed by atoms with Gasteiger partial charge in [0.05, 0.1) is 29.9 Å². The maximum Gasteiger partial charge on any atom is 0.416 e. The van der Waals surface area contributed by atoms with E-state index in [-0.39, 0.29) is 29.2 Å². The number of hydrogen-bond donors (Lipinski definition) is 1. The summed E-state index contributed by atoms with van der Waals surface area (Å²) in [5.41, 5.74) is 1.33. The molecule has 0 amide bonds. The van der Waals surface area contributed by atoms with Crippen LogP contribution in [0.25, 0.3) is 5.57 Å². The number of piperazine rings is 1. The highest BCUT2D eigenvalue weighted by atomic mass is 19.4. The third kappa shape index (κ3) is 5.98. The highest BCUT2D eigenvalue weighted by molar-refractivity contribution is 5.97. The molecule has 2 aliphatic rings. The van der Waals surface area contributed by atoms with Gasteiger partial charge in [-0.05, 0) is 37.6 Å². The lowest BCUT2D eigenvalue weighted by atomic mass is 9.78. The van der Waals surface area contributed by atoms with Gasteiger partial charge >= 0.3 is 12.1 Å². The summed E-state index contributed by atoms with van der Waals surface area (Å²) in [4.78, 5) is 18.0. The number of nitrogens with one attached hydrogen (secondary N) is 1. The van der Waals surface area contributed by atoms with Crippen LogP contribution < -0.4 is 15.0 Å². The molecule has 1 saturated heterocycles. The van der Waals surface area contributed by atoms with E-state index in [1.807, 2.05) is 24.3 Å². The van der Waals surface area contributed by atoms with Gasteiger partial charge in [-0.3, -0.25) is 4.90 Å². The molecule has 2 aromatic carbocycles. The number of dihydropyridines is 1. The van der Waals surface area contributed by atoms with Crippen LogP contribution in [0.4, 0.5) is 18.9 Å². The van der Waals surface area contributed by atoms with Crippen molar-refractivity contribution in [2.75, 3.05) is 51.3 Å². The third-order valence-electron chi connectivity index (χ3n) is 7.59. The summed E-state index contributed by atoms with van der Waals surface area (Å²) < 4.78 is 59.0. The smallest absolute Gasteiger partial charge is 0.416 e. The van der Waals surface area contributed by atoms with E-state index in [0.717, 1.165) is 50.1 Å². The van der Waals surface area contributed by atoms with Crippen molar-refractivity contribution in [1.29, 1.82) is 0 Å². The van der Waals surface area contributed by atoms with Gasteiger partial charge in [0.2, 0.25) is 12.3 Å². The minimum Gasteiger partial charge on any atom is -0.495 e. The van der Waals surface area contributed by atoms with E-state index < -0.39 is 23.6 Å². The topological polar surface area (TPSA) is 93.0 Å². The van der Waals surface area contributed by atoms with Gasteiger partial charge in [0.1, 0.15) is 12.4 Å². The molecule has 1 unspecified atom stereocenters. The summed E-state index contributed by atoms with van der Waals surface area (Å²) in [5, 5.41) is 10.8. The van der Waals surface area contributed by atoms with Crippen LogP contribution in [0.1, 0.15) is 36.8 Å². The van der Waals surface area contributed by atoms with Gasteiger partial charge in [0, 0.05) is 49.7 Å². The number of allylic oxidation sites excluding steroid dienone is 3. The fourth-order valence-electron chi connectivity index (χ4n) is 5.60. The summed E-state index contributed by atoms with van der Waals surface area (Å²) in [6, 6.07) is 13.1. The standard InChI is InChI=1S/C30H32F3N5O4/c1-19-25(28-36-34-18-42-28)27(21-8-4-5-9-22(21)30(31,32)33)26(20(2)35-19)29(39)41-17-16-37-12-14-38(15-13-37)23-10-6-7-11-24(23)40-3/h4-11,18,27,35H,12-17H2,1-3H3. The number of anilines is 1. The third-order valence-corrected chi connectivity index (χ3v) is 7.59. The number of methoxy groups -OCH3 is 1.